The van der Waals surface area contributed by atoms with Crippen molar-refractivity contribution in [1.29, 1.82) is 0 Å². The Bertz CT molecular complexity index is 279. The molecule has 1 aromatic heterocycles. The lowest BCUT2D eigenvalue weighted by atomic mass is 10.5. The Balaban J connectivity index is 2.52. The molecule has 0 aliphatic carbocycles. The van der Waals surface area contributed by atoms with Gasteiger partial charge in [-0.25, -0.2) is 0 Å². The average molecular weight is 183 g/mol. The van der Waals surface area contributed by atoms with E-state index in [-0.39, 0.29) is 0 Å². The Hall–Kier alpha value is -1.23. The monoisotopic (exact) mass is 183 g/mol. The molecule has 0 saturated carbocycles. The third kappa shape index (κ3) is 2.79. The van der Waals surface area contributed by atoms with Gasteiger partial charge in [0, 0.05) is 0 Å². The van der Waals surface area contributed by atoms with Gasteiger partial charge in [-0.05, 0) is 18.4 Å². The molecule has 4 nitrogen and oxygen atoms in total. The molecule has 0 aromatic carbocycles. The molecule has 1 aromatic rings. The van der Waals surface area contributed by atoms with Gasteiger partial charge >= 0.3 is 0 Å². The summed E-state index contributed by atoms with van der Waals surface area (Å²) in [6, 6.07) is 3.57. The second-order valence-corrected chi connectivity index (χ2v) is 2.73. The predicted molar refractivity (Wildman–Crippen MR) is 51.4 cm³/mol. The van der Waals surface area contributed by atoms with Crippen molar-refractivity contribution in [2.45, 2.75) is 0 Å². The summed E-state index contributed by atoms with van der Waals surface area (Å²) in [5, 5.41) is 7.82. The van der Waals surface area contributed by atoms with Gasteiger partial charge < -0.3 is 10.2 Å². The molecule has 5 heteroatoms. The van der Waals surface area contributed by atoms with Crippen molar-refractivity contribution in [1.82, 2.24) is 0 Å². The summed E-state index contributed by atoms with van der Waals surface area (Å²) in [7, 11) is 0. The van der Waals surface area contributed by atoms with Crippen molar-refractivity contribution in [3.8, 4) is 0 Å². The molecular weight excluding hydrogens is 174 g/mol. The molecule has 12 heavy (non-hydrogen) atoms. The van der Waals surface area contributed by atoms with Crippen LogP contribution < -0.4 is 5.73 Å². The summed E-state index contributed by atoms with van der Waals surface area (Å²) in [6.45, 7) is 0. The highest BCUT2D eigenvalue weighted by molar-refractivity contribution is 8.13. The van der Waals surface area contributed by atoms with Crippen LogP contribution in [0, 0.1) is 0 Å². The normalized spacial score (nSPS) is 12.6. The zero-order valence-electron chi connectivity index (χ0n) is 6.60. The van der Waals surface area contributed by atoms with Crippen molar-refractivity contribution >= 4 is 23.1 Å². The van der Waals surface area contributed by atoms with E-state index in [2.05, 4.69) is 10.2 Å². The van der Waals surface area contributed by atoms with Crippen LogP contribution in [0.4, 0.5) is 0 Å². The van der Waals surface area contributed by atoms with Gasteiger partial charge in [-0.3, -0.25) is 0 Å². The lowest BCUT2D eigenvalue weighted by Crippen LogP contribution is -2.03. The van der Waals surface area contributed by atoms with Crippen LogP contribution in [0.15, 0.2) is 33.0 Å². The molecule has 0 bridgehead atoms. The summed E-state index contributed by atoms with van der Waals surface area (Å²) < 4.78 is 4.98. The van der Waals surface area contributed by atoms with Crippen LogP contribution in [0.5, 0.6) is 0 Å². The number of amidine groups is 1. The predicted octanol–water partition coefficient (Wildman–Crippen LogP) is 1.29. The van der Waals surface area contributed by atoms with Crippen molar-refractivity contribution < 1.29 is 4.42 Å². The van der Waals surface area contributed by atoms with Crippen molar-refractivity contribution in [2.75, 3.05) is 6.26 Å². The zero-order valence-corrected chi connectivity index (χ0v) is 7.41. The molecular formula is C7H9N3OS. The van der Waals surface area contributed by atoms with Crippen molar-refractivity contribution in [3.63, 3.8) is 0 Å². The van der Waals surface area contributed by atoms with Crippen molar-refractivity contribution in [3.05, 3.63) is 24.2 Å². The van der Waals surface area contributed by atoms with Gasteiger partial charge in [-0.15, -0.1) is 5.10 Å². The van der Waals surface area contributed by atoms with E-state index < -0.39 is 0 Å². The lowest BCUT2D eigenvalue weighted by molar-refractivity contribution is 0.560. The quantitative estimate of drug-likeness (QED) is 0.427. The number of nitrogens with zero attached hydrogens (tertiary/aromatic N) is 2. The van der Waals surface area contributed by atoms with Crippen LogP contribution >= 0.6 is 11.8 Å². The summed E-state index contributed by atoms with van der Waals surface area (Å²) in [4.78, 5) is 0. The van der Waals surface area contributed by atoms with Gasteiger partial charge in [0.2, 0.25) is 0 Å². The Morgan fingerprint density at radius 3 is 3.17 bits per heavy atom. The third-order valence-corrected chi connectivity index (χ3v) is 1.59. The smallest absolute Gasteiger partial charge is 0.180 e. The number of hydrogen-bond donors (Lipinski definition) is 1. The minimum atomic E-state index is 0.429. The molecule has 0 aliphatic rings. The summed E-state index contributed by atoms with van der Waals surface area (Å²) >= 11 is 1.35. The second kappa shape index (κ2) is 4.61. The van der Waals surface area contributed by atoms with Crippen LogP contribution in [0.3, 0.4) is 0 Å². The average Bonchev–Trinajstić information content (AvgIpc) is 2.57. The Kier molecular flexibility index (Phi) is 3.40. The van der Waals surface area contributed by atoms with Gasteiger partial charge in [0.05, 0.1) is 12.5 Å². The van der Waals surface area contributed by atoms with Crippen molar-refractivity contribution in [2.24, 2.45) is 15.9 Å². The minimum absolute atomic E-state index is 0.429. The maximum absolute atomic E-state index is 5.38. The molecule has 0 aliphatic heterocycles. The van der Waals surface area contributed by atoms with E-state index in [4.69, 9.17) is 10.2 Å². The van der Waals surface area contributed by atoms with E-state index in [1.54, 1.807) is 18.4 Å². The highest BCUT2D eigenvalue weighted by Crippen LogP contribution is 1.96. The van der Waals surface area contributed by atoms with Crippen LogP contribution in [0.25, 0.3) is 0 Å². The lowest BCUT2D eigenvalue weighted by Gasteiger charge is -1.86. The van der Waals surface area contributed by atoms with E-state index in [0.717, 1.165) is 0 Å². The van der Waals surface area contributed by atoms with Gasteiger partial charge in [0.25, 0.3) is 0 Å². The van der Waals surface area contributed by atoms with Gasteiger partial charge in [0.15, 0.2) is 5.17 Å². The topological polar surface area (TPSA) is 63.9 Å². The SMILES string of the molecule is CS/C(N)=N/N=C\c1ccco1. The number of rotatable bonds is 2. The molecule has 0 spiro atoms. The zero-order chi connectivity index (χ0) is 8.81. The summed E-state index contributed by atoms with van der Waals surface area (Å²) in [6.07, 6.45) is 4.91. The van der Waals surface area contributed by atoms with E-state index in [1.807, 2.05) is 6.26 Å². The van der Waals surface area contributed by atoms with Gasteiger partial charge in [-0.1, -0.05) is 11.8 Å². The van der Waals surface area contributed by atoms with Gasteiger partial charge in [0.1, 0.15) is 5.76 Å². The number of nitrogens with two attached hydrogens (primary N) is 1. The molecule has 64 valence electrons. The fourth-order valence-corrected chi connectivity index (χ4v) is 0.677. The van der Waals surface area contributed by atoms with Crippen LogP contribution in [-0.4, -0.2) is 17.6 Å². The van der Waals surface area contributed by atoms with E-state index in [0.29, 0.717) is 10.9 Å². The van der Waals surface area contributed by atoms with Crippen LogP contribution in [0.2, 0.25) is 0 Å². The van der Waals surface area contributed by atoms with E-state index in [9.17, 15) is 0 Å². The highest BCUT2D eigenvalue weighted by atomic mass is 32.2. The fraction of sp³-hybridized carbons (Fsp3) is 0.143. The summed E-state index contributed by atoms with van der Waals surface area (Å²) in [5.41, 5.74) is 5.38. The first kappa shape index (κ1) is 8.86. The standard InChI is InChI=1S/C7H9N3OS/c1-12-7(8)10-9-5-6-3-2-4-11-6/h2-5H,1H3,(H2,8,10)/b9-5-. The minimum Gasteiger partial charge on any atom is -0.463 e. The number of furan rings is 1. The number of hydrogen-bond acceptors (Lipinski definition) is 4. The molecule has 2 N–H and O–H groups in total. The third-order valence-electron chi connectivity index (χ3n) is 1.09. The second-order valence-electron chi connectivity index (χ2n) is 1.90. The first-order chi connectivity index (χ1) is 5.83. The maximum Gasteiger partial charge on any atom is 0.180 e. The first-order valence-corrected chi connectivity index (χ1v) is 4.49. The Morgan fingerprint density at radius 1 is 1.75 bits per heavy atom. The largest absolute Gasteiger partial charge is 0.463 e. The Morgan fingerprint density at radius 2 is 2.58 bits per heavy atom. The molecule has 0 atom stereocenters. The van der Waals surface area contributed by atoms with Gasteiger partial charge in [-0.2, -0.15) is 5.10 Å². The molecule has 0 radical (unpaired) electrons. The molecule has 1 heterocycles. The highest BCUT2D eigenvalue weighted by Gasteiger charge is 1.87. The number of thioether (sulfide) groups is 1. The molecule has 0 unspecified atom stereocenters. The fourth-order valence-electron chi connectivity index (χ4n) is 0.548. The first-order valence-electron chi connectivity index (χ1n) is 3.27. The van der Waals surface area contributed by atoms with Crippen LogP contribution in [0.1, 0.15) is 5.76 Å². The molecule has 0 amide bonds. The Labute approximate surface area is 74.5 Å². The molecule has 0 fully saturated rings. The summed E-state index contributed by atoms with van der Waals surface area (Å²) in [5.74, 6) is 0.660. The van der Waals surface area contributed by atoms with E-state index >= 15 is 0 Å². The maximum atomic E-state index is 5.38. The molecule has 1 rings (SSSR count). The van der Waals surface area contributed by atoms with Crippen LogP contribution in [-0.2, 0) is 0 Å². The molecule has 0 saturated heterocycles. The van der Waals surface area contributed by atoms with E-state index in [1.165, 1.54) is 18.0 Å².